The largest absolute Gasteiger partial charge is 0.343 e. The van der Waals surface area contributed by atoms with E-state index in [1.165, 1.54) is 10.9 Å². The predicted molar refractivity (Wildman–Crippen MR) is 87.8 cm³/mol. The summed E-state index contributed by atoms with van der Waals surface area (Å²) in [4.78, 5) is 14.0. The van der Waals surface area contributed by atoms with E-state index in [1.807, 2.05) is 30.3 Å². The molecule has 0 radical (unpaired) electrons. The first-order valence-corrected chi connectivity index (χ1v) is 7.59. The summed E-state index contributed by atoms with van der Waals surface area (Å²) >= 11 is 0. The van der Waals surface area contributed by atoms with E-state index in [0.29, 0.717) is 12.1 Å². The average Bonchev–Trinajstić information content (AvgIpc) is 3.10. The van der Waals surface area contributed by atoms with E-state index in [1.54, 1.807) is 31.5 Å². The Hall–Kier alpha value is -3.02. The van der Waals surface area contributed by atoms with Crippen molar-refractivity contribution in [2.24, 2.45) is 0 Å². The molecule has 1 amide bonds. The molecule has 2 aromatic carbocycles. The standard InChI is InChI=1S/C18H17FN4O/c1-13-7-8-15(11-16(13)19)18(24)22-17(12-23-20-9-10-21-23)14-5-3-2-4-6-14/h2-11,17H,12H2,1H3,(H,22,24). The molecule has 0 saturated carbocycles. The maximum atomic E-state index is 13.7. The summed E-state index contributed by atoms with van der Waals surface area (Å²) in [6.07, 6.45) is 3.17. The molecule has 24 heavy (non-hydrogen) atoms. The molecule has 0 spiro atoms. The van der Waals surface area contributed by atoms with Gasteiger partial charge < -0.3 is 5.32 Å². The smallest absolute Gasteiger partial charge is 0.251 e. The predicted octanol–water partition coefficient (Wildman–Crippen LogP) is 2.90. The number of benzene rings is 2. The second-order valence-electron chi connectivity index (χ2n) is 5.48. The zero-order valence-corrected chi connectivity index (χ0v) is 13.2. The fourth-order valence-corrected chi connectivity index (χ4v) is 2.40. The van der Waals surface area contributed by atoms with Crippen LogP contribution in [0.25, 0.3) is 0 Å². The zero-order chi connectivity index (χ0) is 16.9. The Morgan fingerprint density at radius 3 is 2.54 bits per heavy atom. The van der Waals surface area contributed by atoms with Crippen molar-refractivity contribution in [1.82, 2.24) is 20.3 Å². The Balaban J connectivity index is 1.83. The highest BCUT2D eigenvalue weighted by Gasteiger charge is 2.17. The van der Waals surface area contributed by atoms with Crippen molar-refractivity contribution in [2.45, 2.75) is 19.5 Å². The highest BCUT2D eigenvalue weighted by atomic mass is 19.1. The van der Waals surface area contributed by atoms with Crippen molar-refractivity contribution < 1.29 is 9.18 Å². The summed E-state index contributed by atoms with van der Waals surface area (Å²) < 4.78 is 13.7. The number of carbonyl (C=O) groups is 1. The fraction of sp³-hybridized carbons (Fsp3) is 0.167. The van der Waals surface area contributed by atoms with Crippen LogP contribution < -0.4 is 5.32 Å². The Bertz CT molecular complexity index is 818. The first-order valence-electron chi connectivity index (χ1n) is 7.59. The quantitative estimate of drug-likeness (QED) is 0.785. The van der Waals surface area contributed by atoms with E-state index in [2.05, 4.69) is 15.5 Å². The van der Waals surface area contributed by atoms with Crippen LogP contribution in [0.1, 0.15) is 27.5 Å². The van der Waals surface area contributed by atoms with Gasteiger partial charge in [-0.05, 0) is 30.2 Å². The van der Waals surface area contributed by atoms with Gasteiger partial charge in [-0.15, -0.1) is 0 Å². The number of amides is 1. The van der Waals surface area contributed by atoms with Crippen molar-refractivity contribution in [3.63, 3.8) is 0 Å². The minimum Gasteiger partial charge on any atom is -0.343 e. The van der Waals surface area contributed by atoms with Crippen LogP contribution in [-0.4, -0.2) is 20.9 Å². The van der Waals surface area contributed by atoms with Crippen molar-refractivity contribution in [3.05, 3.63) is 83.4 Å². The molecular weight excluding hydrogens is 307 g/mol. The van der Waals surface area contributed by atoms with Gasteiger partial charge in [0.15, 0.2) is 0 Å². The number of aromatic nitrogens is 3. The third-order valence-electron chi connectivity index (χ3n) is 3.75. The van der Waals surface area contributed by atoms with Gasteiger partial charge in [-0.25, -0.2) is 4.39 Å². The second-order valence-corrected chi connectivity index (χ2v) is 5.48. The molecule has 6 heteroatoms. The summed E-state index contributed by atoms with van der Waals surface area (Å²) in [6, 6.07) is 13.7. The summed E-state index contributed by atoms with van der Waals surface area (Å²) in [5.74, 6) is -0.734. The van der Waals surface area contributed by atoms with Gasteiger partial charge >= 0.3 is 0 Å². The van der Waals surface area contributed by atoms with Gasteiger partial charge in [0.25, 0.3) is 5.91 Å². The number of hydrogen-bond acceptors (Lipinski definition) is 3. The maximum Gasteiger partial charge on any atom is 0.251 e. The lowest BCUT2D eigenvalue weighted by Crippen LogP contribution is -2.32. The van der Waals surface area contributed by atoms with Gasteiger partial charge in [-0.2, -0.15) is 15.0 Å². The lowest BCUT2D eigenvalue weighted by molar-refractivity contribution is 0.0930. The molecule has 1 N–H and O–H groups in total. The third kappa shape index (κ3) is 3.65. The van der Waals surface area contributed by atoms with Crippen LogP contribution in [0, 0.1) is 12.7 Å². The number of nitrogens with zero attached hydrogens (tertiary/aromatic N) is 3. The highest BCUT2D eigenvalue weighted by Crippen LogP contribution is 2.16. The van der Waals surface area contributed by atoms with Crippen LogP contribution in [0.3, 0.4) is 0 Å². The SMILES string of the molecule is Cc1ccc(C(=O)NC(Cn2nccn2)c2ccccc2)cc1F. The molecule has 3 aromatic rings. The molecular formula is C18H17FN4O. The van der Waals surface area contributed by atoms with Crippen LogP contribution in [0.2, 0.25) is 0 Å². The Morgan fingerprint density at radius 1 is 1.17 bits per heavy atom. The first kappa shape index (κ1) is 15.9. The lowest BCUT2D eigenvalue weighted by atomic mass is 10.1. The molecule has 1 atom stereocenters. The summed E-state index contributed by atoms with van der Waals surface area (Å²) in [6.45, 7) is 2.05. The van der Waals surface area contributed by atoms with Gasteiger partial charge in [0, 0.05) is 5.56 Å². The van der Waals surface area contributed by atoms with Crippen LogP contribution in [0.4, 0.5) is 4.39 Å². The molecule has 0 fully saturated rings. The Kier molecular flexibility index (Phi) is 4.65. The molecule has 5 nitrogen and oxygen atoms in total. The van der Waals surface area contributed by atoms with Crippen molar-refractivity contribution in [2.75, 3.05) is 0 Å². The Labute approximate surface area is 139 Å². The van der Waals surface area contributed by atoms with Gasteiger partial charge in [0.2, 0.25) is 0 Å². The number of aryl methyl sites for hydroxylation is 1. The number of hydrogen-bond donors (Lipinski definition) is 1. The zero-order valence-electron chi connectivity index (χ0n) is 13.2. The van der Waals surface area contributed by atoms with E-state index < -0.39 is 5.82 Å². The normalized spacial score (nSPS) is 11.9. The molecule has 1 aromatic heterocycles. The number of carbonyl (C=O) groups excluding carboxylic acids is 1. The summed E-state index contributed by atoms with van der Waals surface area (Å²) in [5, 5.41) is 11.1. The number of halogens is 1. The molecule has 0 bridgehead atoms. The van der Waals surface area contributed by atoms with Crippen molar-refractivity contribution in [1.29, 1.82) is 0 Å². The third-order valence-corrected chi connectivity index (χ3v) is 3.75. The summed E-state index contributed by atoms with van der Waals surface area (Å²) in [7, 11) is 0. The average molecular weight is 324 g/mol. The summed E-state index contributed by atoms with van der Waals surface area (Å²) in [5.41, 5.74) is 1.72. The van der Waals surface area contributed by atoms with Crippen molar-refractivity contribution >= 4 is 5.91 Å². The maximum absolute atomic E-state index is 13.7. The van der Waals surface area contributed by atoms with E-state index in [0.717, 1.165) is 5.56 Å². The van der Waals surface area contributed by atoms with Gasteiger partial charge in [-0.3, -0.25) is 4.79 Å². The van der Waals surface area contributed by atoms with E-state index in [4.69, 9.17) is 0 Å². The minimum atomic E-state index is -0.396. The van der Waals surface area contributed by atoms with Crippen LogP contribution in [0.15, 0.2) is 60.9 Å². The minimum absolute atomic E-state index is 0.285. The first-order chi connectivity index (χ1) is 11.6. The molecule has 122 valence electrons. The molecule has 3 rings (SSSR count). The van der Waals surface area contributed by atoms with Gasteiger partial charge in [0.1, 0.15) is 5.82 Å². The monoisotopic (exact) mass is 324 g/mol. The molecule has 0 aliphatic rings. The Morgan fingerprint density at radius 2 is 1.88 bits per heavy atom. The van der Waals surface area contributed by atoms with Crippen molar-refractivity contribution in [3.8, 4) is 0 Å². The van der Waals surface area contributed by atoms with E-state index >= 15 is 0 Å². The second kappa shape index (κ2) is 7.04. The number of rotatable bonds is 5. The molecule has 0 saturated heterocycles. The number of nitrogens with one attached hydrogen (secondary N) is 1. The molecule has 0 aliphatic heterocycles. The lowest BCUT2D eigenvalue weighted by Gasteiger charge is -2.19. The van der Waals surface area contributed by atoms with Crippen LogP contribution in [0.5, 0.6) is 0 Å². The topological polar surface area (TPSA) is 59.8 Å². The fourth-order valence-electron chi connectivity index (χ4n) is 2.40. The highest BCUT2D eigenvalue weighted by molar-refractivity contribution is 5.94. The van der Waals surface area contributed by atoms with E-state index in [9.17, 15) is 9.18 Å². The van der Waals surface area contributed by atoms with Crippen LogP contribution >= 0.6 is 0 Å². The van der Waals surface area contributed by atoms with E-state index in [-0.39, 0.29) is 17.5 Å². The molecule has 0 aliphatic carbocycles. The van der Waals surface area contributed by atoms with Crippen LogP contribution in [-0.2, 0) is 6.54 Å². The van der Waals surface area contributed by atoms with Gasteiger partial charge in [0.05, 0.1) is 25.0 Å². The molecule has 1 heterocycles. The molecule has 1 unspecified atom stereocenters. The van der Waals surface area contributed by atoms with Gasteiger partial charge in [-0.1, -0.05) is 36.4 Å².